The molecule has 2 heterocycles. The number of hydrogen-bond donors (Lipinski definition) is 1. The topological polar surface area (TPSA) is 85.4 Å². The van der Waals surface area contributed by atoms with E-state index in [-0.39, 0.29) is 5.91 Å². The van der Waals surface area contributed by atoms with E-state index in [0.717, 1.165) is 59.6 Å². The molecule has 1 aromatic heterocycles. The Balaban J connectivity index is 1.31. The molecule has 1 aliphatic heterocycles. The standard InChI is InChI=1S/C24H30N4O5S/c1-30-16-5-6-17(20(15-16)33-4)23(29)25-9-10-27-11-13-28(14-12-27)24-26-21-18(31-2)7-8-19(32-3)22(21)34-24/h5-8,15H,9-14H2,1-4H3,(H,25,29). The quantitative estimate of drug-likeness (QED) is 0.494. The Labute approximate surface area is 203 Å². The minimum absolute atomic E-state index is 0.157. The Bertz CT molecular complexity index is 1100. The van der Waals surface area contributed by atoms with Crippen LogP contribution in [0, 0.1) is 0 Å². The van der Waals surface area contributed by atoms with Gasteiger partial charge in [0.05, 0.1) is 34.0 Å². The lowest BCUT2D eigenvalue weighted by Crippen LogP contribution is -2.48. The Morgan fingerprint density at radius 2 is 1.65 bits per heavy atom. The van der Waals surface area contributed by atoms with E-state index in [4.69, 9.17) is 23.9 Å². The highest BCUT2D eigenvalue weighted by Crippen LogP contribution is 2.40. The highest BCUT2D eigenvalue weighted by Gasteiger charge is 2.22. The summed E-state index contributed by atoms with van der Waals surface area (Å²) >= 11 is 1.62. The molecule has 1 saturated heterocycles. The van der Waals surface area contributed by atoms with Crippen molar-refractivity contribution in [3.63, 3.8) is 0 Å². The van der Waals surface area contributed by atoms with Crippen LogP contribution in [0.1, 0.15) is 10.4 Å². The summed E-state index contributed by atoms with van der Waals surface area (Å²) in [5.74, 6) is 2.55. The maximum Gasteiger partial charge on any atom is 0.255 e. The molecule has 0 unspecified atom stereocenters. The van der Waals surface area contributed by atoms with Crippen LogP contribution in [0.15, 0.2) is 30.3 Å². The van der Waals surface area contributed by atoms with Gasteiger partial charge in [-0.1, -0.05) is 11.3 Å². The molecule has 0 bridgehead atoms. The fraction of sp³-hybridized carbons (Fsp3) is 0.417. The predicted octanol–water partition coefficient (Wildman–Crippen LogP) is 2.88. The highest BCUT2D eigenvalue weighted by atomic mass is 32.1. The van der Waals surface area contributed by atoms with Crippen molar-refractivity contribution in [1.29, 1.82) is 0 Å². The van der Waals surface area contributed by atoms with Crippen LogP contribution >= 0.6 is 11.3 Å². The molecule has 0 saturated carbocycles. The highest BCUT2D eigenvalue weighted by molar-refractivity contribution is 7.22. The number of anilines is 1. The lowest BCUT2D eigenvalue weighted by atomic mass is 10.1. The normalized spacial score (nSPS) is 14.2. The van der Waals surface area contributed by atoms with Gasteiger partial charge in [-0.25, -0.2) is 4.98 Å². The van der Waals surface area contributed by atoms with Crippen LogP contribution in [0.3, 0.4) is 0 Å². The Kier molecular flexibility index (Phi) is 7.59. The summed E-state index contributed by atoms with van der Waals surface area (Å²) < 4.78 is 22.5. The van der Waals surface area contributed by atoms with Gasteiger partial charge in [0.15, 0.2) is 5.13 Å². The van der Waals surface area contributed by atoms with Crippen LogP contribution in [0.4, 0.5) is 5.13 Å². The predicted molar refractivity (Wildman–Crippen MR) is 133 cm³/mol. The van der Waals surface area contributed by atoms with Crippen molar-refractivity contribution in [2.45, 2.75) is 0 Å². The average Bonchev–Trinajstić information content (AvgIpc) is 3.33. The number of carbonyl (C=O) groups excluding carboxylic acids is 1. The smallest absolute Gasteiger partial charge is 0.255 e. The van der Waals surface area contributed by atoms with Gasteiger partial charge in [-0.3, -0.25) is 9.69 Å². The summed E-state index contributed by atoms with van der Waals surface area (Å²) in [7, 11) is 6.45. The molecule has 1 fully saturated rings. The van der Waals surface area contributed by atoms with Crippen molar-refractivity contribution in [1.82, 2.24) is 15.2 Å². The van der Waals surface area contributed by atoms with Gasteiger partial charge in [-0.05, 0) is 24.3 Å². The molecule has 1 aliphatic rings. The number of thiazole rings is 1. The van der Waals surface area contributed by atoms with E-state index in [1.807, 2.05) is 12.1 Å². The van der Waals surface area contributed by atoms with Gasteiger partial charge < -0.3 is 29.2 Å². The molecule has 4 rings (SSSR count). The number of ether oxygens (including phenoxy) is 4. The SMILES string of the molecule is COc1ccc(C(=O)NCCN2CCN(c3nc4c(OC)ccc(OC)c4s3)CC2)c(OC)c1. The van der Waals surface area contributed by atoms with E-state index in [1.54, 1.807) is 58.0 Å². The summed E-state index contributed by atoms with van der Waals surface area (Å²) in [6, 6.07) is 8.98. The average molecular weight is 487 g/mol. The van der Waals surface area contributed by atoms with Crippen LogP contribution in [-0.4, -0.2) is 83.5 Å². The fourth-order valence-electron chi connectivity index (χ4n) is 3.98. The van der Waals surface area contributed by atoms with E-state index in [9.17, 15) is 4.79 Å². The molecule has 10 heteroatoms. The molecule has 0 atom stereocenters. The number of fused-ring (bicyclic) bond motifs is 1. The third-order valence-corrected chi connectivity index (χ3v) is 7.04. The van der Waals surface area contributed by atoms with Crippen LogP contribution in [-0.2, 0) is 0 Å². The van der Waals surface area contributed by atoms with Crippen LogP contribution in [0.5, 0.6) is 23.0 Å². The maximum atomic E-state index is 12.6. The summed E-state index contributed by atoms with van der Waals surface area (Å²) in [5.41, 5.74) is 1.33. The number of amides is 1. The molecule has 182 valence electrons. The third kappa shape index (κ3) is 4.97. The van der Waals surface area contributed by atoms with Crippen molar-refractivity contribution < 1.29 is 23.7 Å². The first-order chi connectivity index (χ1) is 16.6. The molecule has 0 spiro atoms. The molecule has 1 amide bonds. The fourth-order valence-corrected chi connectivity index (χ4v) is 5.11. The molecular weight excluding hydrogens is 456 g/mol. The molecule has 34 heavy (non-hydrogen) atoms. The summed E-state index contributed by atoms with van der Waals surface area (Å²) in [5, 5.41) is 3.96. The van der Waals surface area contributed by atoms with Crippen molar-refractivity contribution >= 4 is 32.6 Å². The van der Waals surface area contributed by atoms with E-state index in [0.29, 0.717) is 23.6 Å². The number of hydrogen-bond acceptors (Lipinski definition) is 9. The molecule has 0 radical (unpaired) electrons. The first kappa shape index (κ1) is 23.9. The van der Waals surface area contributed by atoms with Gasteiger partial charge in [0.25, 0.3) is 5.91 Å². The summed E-state index contributed by atoms with van der Waals surface area (Å²) in [4.78, 5) is 22.1. The molecular formula is C24H30N4O5S. The lowest BCUT2D eigenvalue weighted by Gasteiger charge is -2.34. The second-order valence-corrected chi connectivity index (χ2v) is 8.77. The van der Waals surface area contributed by atoms with Crippen molar-refractivity contribution in [2.24, 2.45) is 0 Å². The second-order valence-electron chi connectivity index (χ2n) is 7.80. The number of benzene rings is 2. The molecule has 9 nitrogen and oxygen atoms in total. The molecule has 3 aromatic rings. The number of nitrogens with one attached hydrogen (secondary N) is 1. The van der Waals surface area contributed by atoms with Gasteiger partial charge >= 0.3 is 0 Å². The zero-order chi connectivity index (χ0) is 24.1. The van der Waals surface area contributed by atoms with E-state index < -0.39 is 0 Å². The summed E-state index contributed by atoms with van der Waals surface area (Å²) in [6.45, 7) is 4.86. The minimum Gasteiger partial charge on any atom is -0.497 e. The largest absolute Gasteiger partial charge is 0.497 e. The van der Waals surface area contributed by atoms with Gasteiger partial charge in [-0.2, -0.15) is 0 Å². The zero-order valence-corrected chi connectivity index (χ0v) is 20.7. The van der Waals surface area contributed by atoms with E-state index in [1.165, 1.54) is 0 Å². The summed E-state index contributed by atoms with van der Waals surface area (Å²) in [6.07, 6.45) is 0. The minimum atomic E-state index is -0.157. The Morgan fingerprint density at radius 1 is 0.941 bits per heavy atom. The monoisotopic (exact) mass is 486 g/mol. The molecule has 1 N–H and O–H groups in total. The maximum absolute atomic E-state index is 12.6. The molecule has 2 aromatic carbocycles. The van der Waals surface area contributed by atoms with E-state index in [2.05, 4.69) is 15.1 Å². The van der Waals surface area contributed by atoms with Gasteiger partial charge in [0.2, 0.25) is 0 Å². The van der Waals surface area contributed by atoms with Crippen molar-refractivity contribution in [2.75, 3.05) is 72.6 Å². The first-order valence-corrected chi connectivity index (χ1v) is 11.9. The number of aromatic nitrogens is 1. The van der Waals surface area contributed by atoms with Crippen LogP contribution in [0.25, 0.3) is 10.2 Å². The molecule has 0 aliphatic carbocycles. The van der Waals surface area contributed by atoms with Crippen LogP contribution in [0.2, 0.25) is 0 Å². The Morgan fingerprint density at radius 3 is 2.32 bits per heavy atom. The number of nitrogens with zero attached hydrogens (tertiary/aromatic N) is 3. The van der Waals surface area contributed by atoms with Crippen molar-refractivity contribution in [3.05, 3.63) is 35.9 Å². The van der Waals surface area contributed by atoms with Gasteiger partial charge in [0, 0.05) is 45.3 Å². The van der Waals surface area contributed by atoms with Gasteiger partial charge in [0.1, 0.15) is 33.2 Å². The Hall–Kier alpha value is -3.24. The number of methoxy groups -OCH3 is 4. The lowest BCUT2D eigenvalue weighted by molar-refractivity contribution is 0.0944. The van der Waals surface area contributed by atoms with E-state index >= 15 is 0 Å². The first-order valence-electron chi connectivity index (χ1n) is 11.1. The van der Waals surface area contributed by atoms with Crippen LogP contribution < -0.4 is 29.2 Å². The third-order valence-electron chi connectivity index (χ3n) is 5.91. The second kappa shape index (κ2) is 10.8. The van der Waals surface area contributed by atoms with Crippen molar-refractivity contribution in [3.8, 4) is 23.0 Å². The number of piperazine rings is 1. The number of carbonyl (C=O) groups is 1. The number of rotatable bonds is 9. The van der Waals surface area contributed by atoms with Gasteiger partial charge in [-0.15, -0.1) is 0 Å². The zero-order valence-electron chi connectivity index (χ0n) is 19.9.